The van der Waals surface area contributed by atoms with Crippen LogP contribution in [0.25, 0.3) is 0 Å². The average molecular weight is 294 g/mol. The molecule has 0 radical (unpaired) electrons. The van der Waals surface area contributed by atoms with Gasteiger partial charge in [0.15, 0.2) is 0 Å². The van der Waals surface area contributed by atoms with E-state index in [1.807, 2.05) is 4.90 Å². The van der Waals surface area contributed by atoms with Gasteiger partial charge in [0.05, 0.1) is 6.20 Å². The molecule has 0 spiro atoms. The molecule has 0 atom stereocenters. The van der Waals surface area contributed by atoms with Gasteiger partial charge in [-0.1, -0.05) is 18.0 Å². The summed E-state index contributed by atoms with van der Waals surface area (Å²) in [5, 5.41) is 6.15. The second kappa shape index (κ2) is 7.66. The molecule has 3 N–H and O–H groups in total. The summed E-state index contributed by atoms with van der Waals surface area (Å²) >= 11 is 0. The third-order valence-corrected chi connectivity index (χ3v) is 3.89. The normalized spacial score (nSPS) is 15.9. The van der Waals surface area contributed by atoms with Crippen molar-refractivity contribution in [2.24, 2.45) is 11.7 Å². The van der Waals surface area contributed by atoms with Crippen LogP contribution in [0.15, 0.2) is 16.8 Å². The van der Waals surface area contributed by atoms with Gasteiger partial charge in [0.25, 0.3) is 5.91 Å². The number of rotatable bonds is 6. The van der Waals surface area contributed by atoms with Gasteiger partial charge < -0.3 is 20.5 Å². The van der Waals surface area contributed by atoms with Crippen LogP contribution in [-0.2, 0) is 0 Å². The minimum atomic E-state index is -0.464. The summed E-state index contributed by atoms with van der Waals surface area (Å²) in [7, 11) is 0. The van der Waals surface area contributed by atoms with Gasteiger partial charge >= 0.3 is 6.03 Å². The topological polar surface area (TPSA) is 101 Å². The van der Waals surface area contributed by atoms with Crippen LogP contribution in [-0.4, -0.2) is 41.6 Å². The van der Waals surface area contributed by atoms with Crippen LogP contribution in [0.2, 0.25) is 0 Å². The van der Waals surface area contributed by atoms with Gasteiger partial charge in [-0.05, 0) is 25.2 Å². The van der Waals surface area contributed by atoms with Crippen molar-refractivity contribution >= 4 is 11.9 Å². The number of primary amides is 1. The number of aromatic nitrogens is 1. The van der Waals surface area contributed by atoms with Crippen LogP contribution < -0.4 is 11.1 Å². The van der Waals surface area contributed by atoms with Crippen LogP contribution in [0.1, 0.15) is 42.7 Å². The van der Waals surface area contributed by atoms with Crippen molar-refractivity contribution < 1.29 is 14.1 Å². The average Bonchev–Trinajstić information content (AvgIpc) is 3.01. The smallest absolute Gasteiger partial charge is 0.312 e. The Balaban J connectivity index is 1.62. The lowest BCUT2D eigenvalue weighted by atomic mass is 9.91. The molecular formula is C14H22N4O3. The maximum atomic E-state index is 12.1. The largest absolute Gasteiger partial charge is 0.352 e. The molecule has 116 valence electrons. The molecule has 3 amide bonds. The maximum Gasteiger partial charge on any atom is 0.312 e. The molecule has 7 nitrogen and oxygen atoms in total. The van der Waals surface area contributed by atoms with Gasteiger partial charge in [-0.25, -0.2) is 4.79 Å². The fourth-order valence-electron chi connectivity index (χ4n) is 2.68. The molecule has 2 rings (SSSR count). The van der Waals surface area contributed by atoms with Crippen LogP contribution in [0.4, 0.5) is 4.79 Å². The number of likely N-dealkylation sites (tertiary alicyclic amines) is 1. The van der Waals surface area contributed by atoms with Crippen molar-refractivity contribution in [2.75, 3.05) is 19.6 Å². The third kappa shape index (κ3) is 4.77. The van der Waals surface area contributed by atoms with E-state index in [2.05, 4.69) is 10.5 Å². The zero-order valence-electron chi connectivity index (χ0n) is 12.1. The Kier molecular flexibility index (Phi) is 5.59. The number of urea groups is 1. The summed E-state index contributed by atoms with van der Waals surface area (Å²) in [6.07, 6.45) is 6.66. The molecule has 0 bridgehead atoms. The Morgan fingerprint density at radius 1 is 1.38 bits per heavy atom. The second-order valence-corrected chi connectivity index (χ2v) is 5.40. The Bertz CT molecular complexity index is 453. The lowest BCUT2D eigenvalue weighted by Crippen LogP contribution is -2.38. The van der Waals surface area contributed by atoms with Crippen LogP contribution in [0.5, 0.6) is 0 Å². The highest BCUT2D eigenvalue weighted by atomic mass is 16.5. The van der Waals surface area contributed by atoms with Gasteiger partial charge in [-0.2, -0.15) is 0 Å². The molecule has 1 aliphatic rings. The van der Waals surface area contributed by atoms with E-state index < -0.39 is 6.03 Å². The Labute approximate surface area is 123 Å². The zero-order chi connectivity index (χ0) is 15.1. The first-order chi connectivity index (χ1) is 10.2. The van der Waals surface area contributed by atoms with Crippen molar-refractivity contribution in [1.29, 1.82) is 0 Å². The van der Waals surface area contributed by atoms with Crippen molar-refractivity contribution in [3.63, 3.8) is 0 Å². The van der Waals surface area contributed by atoms with Gasteiger partial charge in [-0.15, -0.1) is 0 Å². The summed E-state index contributed by atoms with van der Waals surface area (Å²) < 4.78 is 4.90. The molecule has 0 unspecified atom stereocenters. The standard InChI is InChI=1S/C14H22N4O3/c15-14(20)16-7-2-1-3-11-5-9-18(10-6-11)13(19)12-4-8-17-21-12/h4,8,11H,1-3,5-7,9-10H2,(H3,15,16,20). The number of hydrogen-bond donors (Lipinski definition) is 2. The van der Waals surface area contributed by atoms with Crippen LogP contribution in [0.3, 0.4) is 0 Å². The molecule has 7 heteroatoms. The number of hydrogen-bond acceptors (Lipinski definition) is 4. The van der Waals surface area contributed by atoms with E-state index in [9.17, 15) is 9.59 Å². The lowest BCUT2D eigenvalue weighted by Gasteiger charge is -2.31. The van der Waals surface area contributed by atoms with E-state index in [-0.39, 0.29) is 5.91 Å². The molecule has 0 aromatic carbocycles. The zero-order valence-corrected chi connectivity index (χ0v) is 12.1. The molecule has 1 aromatic rings. The first-order valence-corrected chi connectivity index (χ1v) is 7.40. The summed E-state index contributed by atoms with van der Waals surface area (Å²) in [5.41, 5.74) is 5.00. The highest BCUT2D eigenvalue weighted by Gasteiger charge is 2.25. The van der Waals surface area contributed by atoms with E-state index in [4.69, 9.17) is 10.3 Å². The predicted octanol–water partition coefficient (Wildman–Crippen LogP) is 1.37. The minimum absolute atomic E-state index is 0.0726. The fraction of sp³-hybridized carbons (Fsp3) is 0.643. The Hall–Kier alpha value is -2.05. The summed E-state index contributed by atoms with van der Waals surface area (Å²) in [5.74, 6) is 0.889. The van der Waals surface area contributed by atoms with E-state index in [0.29, 0.717) is 18.2 Å². The molecule has 1 fully saturated rings. The minimum Gasteiger partial charge on any atom is -0.352 e. The summed E-state index contributed by atoms with van der Waals surface area (Å²) in [6.45, 7) is 2.17. The predicted molar refractivity (Wildman–Crippen MR) is 76.6 cm³/mol. The van der Waals surface area contributed by atoms with Crippen molar-refractivity contribution in [3.8, 4) is 0 Å². The first-order valence-electron chi connectivity index (χ1n) is 7.40. The third-order valence-electron chi connectivity index (χ3n) is 3.89. The fourth-order valence-corrected chi connectivity index (χ4v) is 2.68. The molecule has 1 saturated heterocycles. The maximum absolute atomic E-state index is 12.1. The van der Waals surface area contributed by atoms with Crippen molar-refractivity contribution in [1.82, 2.24) is 15.4 Å². The summed E-state index contributed by atoms with van der Waals surface area (Å²) in [6, 6.07) is 1.13. The second-order valence-electron chi connectivity index (χ2n) is 5.40. The highest BCUT2D eigenvalue weighted by molar-refractivity contribution is 5.91. The summed E-state index contributed by atoms with van der Waals surface area (Å²) in [4.78, 5) is 24.4. The molecule has 1 aromatic heterocycles. The molecular weight excluding hydrogens is 272 g/mol. The van der Waals surface area contributed by atoms with Gasteiger partial charge in [0.1, 0.15) is 0 Å². The van der Waals surface area contributed by atoms with E-state index in [0.717, 1.165) is 45.2 Å². The van der Waals surface area contributed by atoms with E-state index in [1.165, 1.54) is 6.20 Å². The molecule has 0 saturated carbocycles. The SMILES string of the molecule is NC(=O)NCCCCC1CCN(C(=O)c2ccno2)CC1. The number of amides is 3. The monoisotopic (exact) mass is 294 g/mol. The number of piperidine rings is 1. The number of nitrogens with zero attached hydrogens (tertiary/aromatic N) is 2. The first kappa shape index (κ1) is 15.3. The van der Waals surface area contributed by atoms with Crippen molar-refractivity contribution in [3.05, 3.63) is 18.0 Å². The highest BCUT2D eigenvalue weighted by Crippen LogP contribution is 2.23. The Morgan fingerprint density at radius 3 is 2.76 bits per heavy atom. The molecule has 2 heterocycles. The van der Waals surface area contributed by atoms with Gasteiger partial charge in [0, 0.05) is 25.7 Å². The number of carbonyl (C=O) groups excluding carboxylic acids is 2. The quantitative estimate of drug-likeness (QED) is 0.773. The number of nitrogens with one attached hydrogen (secondary N) is 1. The molecule has 1 aliphatic heterocycles. The number of carbonyl (C=O) groups is 2. The lowest BCUT2D eigenvalue weighted by molar-refractivity contribution is 0.0644. The molecule has 0 aliphatic carbocycles. The van der Waals surface area contributed by atoms with Crippen LogP contribution in [0, 0.1) is 5.92 Å². The molecule has 21 heavy (non-hydrogen) atoms. The van der Waals surface area contributed by atoms with E-state index in [1.54, 1.807) is 6.07 Å². The number of nitrogens with two attached hydrogens (primary N) is 1. The van der Waals surface area contributed by atoms with E-state index >= 15 is 0 Å². The Morgan fingerprint density at radius 2 is 2.14 bits per heavy atom. The van der Waals surface area contributed by atoms with Gasteiger partial charge in [-0.3, -0.25) is 4.79 Å². The van der Waals surface area contributed by atoms with Gasteiger partial charge in [0.2, 0.25) is 5.76 Å². The van der Waals surface area contributed by atoms with Crippen LogP contribution >= 0.6 is 0 Å². The van der Waals surface area contributed by atoms with Crippen molar-refractivity contribution in [2.45, 2.75) is 32.1 Å². The number of unbranched alkanes of at least 4 members (excludes halogenated alkanes) is 1.